The molecule has 39 heavy (non-hydrogen) atoms. The summed E-state index contributed by atoms with van der Waals surface area (Å²) >= 11 is 0. The van der Waals surface area contributed by atoms with Gasteiger partial charge in [-0.3, -0.25) is 4.90 Å². The van der Waals surface area contributed by atoms with Crippen molar-refractivity contribution in [2.75, 3.05) is 40.5 Å². The Hall–Kier alpha value is -3.38. The lowest BCUT2D eigenvalue weighted by Crippen LogP contribution is -2.48. The molecular weight excluding hydrogens is 484 g/mol. The number of nitrogens with one attached hydrogen (secondary N) is 1. The van der Waals surface area contributed by atoms with Gasteiger partial charge in [0.15, 0.2) is 0 Å². The number of ether oxygens (including phenoxy) is 3. The molecule has 2 atom stereocenters. The van der Waals surface area contributed by atoms with E-state index in [9.17, 15) is 0 Å². The summed E-state index contributed by atoms with van der Waals surface area (Å²) in [6.45, 7) is 4.82. The highest BCUT2D eigenvalue weighted by Crippen LogP contribution is 2.31. The van der Waals surface area contributed by atoms with Crippen LogP contribution in [0.1, 0.15) is 35.4 Å². The summed E-state index contributed by atoms with van der Waals surface area (Å²) in [5.74, 6) is 2.28. The first-order valence-corrected chi connectivity index (χ1v) is 14.0. The predicted molar refractivity (Wildman–Crippen MR) is 159 cm³/mol. The zero-order valence-electron chi connectivity index (χ0n) is 23.1. The Balaban J connectivity index is 1.11. The number of fused-ring (bicyclic) bond motifs is 1. The summed E-state index contributed by atoms with van der Waals surface area (Å²) < 4.78 is 17.2. The van der Waals surface area contributed by atoms with Crippen molar-refractivity contribution in [3.8, 4) is 11.5 Å². The van der Waals surface area contributed by atoms with Crippen LogP contribution in [0.25, 0.3) is 10.8 Å². The summed E-state index contributed by atoms with van der Waals surface area (Å²) in [5.41, 5.74) is 3.81. The number of para-hydroxylation sites is 1. The number of likely N-dealkylation sites (N-methyl/N-ethyl adjacent to an activating group) is 1. The highest BCUT2D eigenvalue weighted by Gasteiger charge is 2.29. The molecular formula is C34H40N2O3. The first-order chi connectivity index (χ1) is 19.2. The van der Waals surface area contributed by atoms with E-state index in [1.54, 1.807) is 7.11 Å². The lowest BCUT2D eigenvalue weighted by atomic mass is 9.85. The number of benzene rings is 4. The fraction of sp³-hybridized carbons (Fsp3) is 0.353. The number of piperidine rings is 1. The molecule has 4 aromatic rings. The zero-order chi connectivity index (χ0) is 26.9. The smallest absolute Gasteiger partial charge is 0.124 e. The highest BCUT2D eigenvalue weighted by molar-refractivity contribution is 5.82. The van der Waals surface area contributed by atoms with Gasteiger partial charge >= 0.3 is 0 Å². The van der Waals surface area contributed by atoms with E-state index in [4.69, 9.17) is 14.2 Å². The van der Waals surface area contributed by atoms with Crippen LogP contribution in [-0.2, 0) is 17.9 Å². The van der Waals surface area contributed by atoms with Crippen molar-refractivity contribution in [3.05, 3.63) is 108 Å². The van der Waals surface area contributed by atoms with E-state index < -0.39 is 0 Å². The summed E-state index contributed by atoms with van der Waals surface area (Å²) in [4.78, 5) is 2.51. The molecule has 1 saturated heterocycles. The molecule has 1 aliphatic rings. The van der Waals surface area contributed by atoms with Crippen molar-refractivity contribution in [3.63, 3.8) is 0 Å². The normalized spacial score (nSPS) is 17.4. The van der Waals surface area contributed by atoms with Crippen molar-refractivity contribution < 1.29 is 14.2 Å². The first kappa shape index (κ1) is 27.2. The van der Waals surface area contributed by atoms with Gasteiger partial charge in [-0.15, -0.1) is 0 Å². The van der Waals surface area contributed by atoms with E-state index in [0.717, 1.165) is 49.5 Å². The maximum Gasteiger partial charge on any atom is 0.124 e. The minimum Gasteiger partial charge on any atom is -0.496 e. The van der Waals surface area contributed by atoms with Crippen LogP contribution >= 0.6 is 0 Å². The lowest BCUT2D eigenvalue weighted by Gasteiger charge is -2.39. The maximum absolute atomic E-state index is 6.01. The van der Waals surface area contributed by atoms with Gasteiger partial charge in [-0.25, -0.2) is 0 Å². The molecule has 1 heterocycles. The van der Waals surface area contributed by atoms with E-state index in [-0.39, 0.29) is 0 Å². The van der Waals surface area contributed by atoms with E-state index in [1.807, 2.05) is 24.3 Å². The van der Waals surface area contributed by atoms with Crippen LogP contribution in [0.4, 0.5) is 0 Å². The molecule has 0 aromatic heterocycles. The second kappa shape index (κ2) is 13.6. The van der Waals surface area contributed by atoms with E-state index in [1.165, 1.54) is 21.9 Å². The third-order valence-electron chi connectivity index (χ3n) is 7.72. The quantitative estimate of drug-likeness (QED) is 0.217. The number of hydrogen-bond donors (Lipinski definition) is 1. The molecule has 0 amide bonds. The van der Waals surface area contributed by atoms with Gasteiger partial charge in [0.05, 0.1) is 26.9 Å². The summed E-state index contributed by atoms with van der Waals surface area (Å²) in [6.07, 6.45) is 1.98. The molecule has 0 saturated carbocycles. The number of rotatable bonds is 12. The van der Waals surface area contributed by atoms with Gasteiger partial charge in [-0.05, 0) is 66.2 Å². The van der Waals surface area contributed by atoms with Gasteiger partial charge in [0.2, 0.25) is 0 Å². The second-order valence-electron chi connectivity index (χ2n) is 10.4. The molecule has 0 bridgehead atoms. The van der Waals surface area contributed by atoms with Crippen molar-refractivity contribution in [1.29, 1.82) is 0 Å². The van der Waals surface area contributed by atoms with E-state index >= 15 is 0 Å². The van der Waals surface area contributed by atoms with Crippen molar-refractivity contribution >= 4 is 10.8 Å². The first-order valence-electron chi connectivity index (χ1n) is 14.0. The predicted octanol–water partition coefficient (Wildman–Crippen LogP) is 6.41. The van der Waals surface area contributed by atoms with Gasteiger partial charge in [0.1, 0.15) is 11.5 Å². The van der Waals surface area contributed by atoms with Crippen molar-refractivity contribution in [2.45, 2.75) is 38.0 Å². The second-order valence-corrected chi connectivity index (χ2v) is 10.4. The van der Waals surface area contributed by atoms with Gasteiger partial charge in [0.25, 0.3) is 0 Å². The third kappa shape index (κ3) is 7.18. The zero-order valence-corrected chi connectivity index (χ0v) is 23.1. The molecule has 1 N–H and O–H groups in total. The standard InChI is InChI=1S/C34H40N2O3/c1-36(24-26-12-13-27-8-3-4-9-29(27)22-26)33-23-35-19-18-32(33)28-14-16-31(17-15-28)39-21-7-20-38-25-30-10-5-6-11-34(30)37-2/h3-6,8-17,22,32-33,35H,7,18-21,23-25H2,1-2H3/t32-,33-/m1/s1. The fourth-order valence-electron chi connectivity index (χ4n) is 5.60. The molecule has 5 heteroatoms. The Morgan fingerprint density at radius 2 is 1.67 bits per heavy atom. The number of hydrogen-bond acceptors (Lipinski definition) is 5. The van der Waals surface area contributed by atoms with Crippen LogP contribution in [0.15, 0.2) is 91.0 Å². The monoisotopic (exact) mass is 524 g/mol. The van der Waals surface area contributed by atoms with Crippen LogP contribution < -0.4 is 14.8 Å². The molecule has 1 fully saturated rings. The number of nitrogens with zero attached hydrogens (tertiary/aromatic N) is 1. The Labute approximate surface area is 232 Å². The van der Waals surface area contributed by atoms with Gasteiger partial charge in [-0.2, -0.15) is 0 Å². The molecule has 1 aliphatic heterocycles. The van der Waals surface area contributed by atoms with Crippen LogP contribution in [0.2, 0.25) is 0 Å². The van der Waals surface area contributed by atoms with Crippen LogP contribution in [0.5, 0.6) is 11.5 Å². The molecule has 0 unspecified atom stereocenters. The fourth-order valence-corrected chi connectivity index (χ4v) is 5.60. The summed E-state index contributed by atoms with van der Waals surface area (Å²) in [7, 11) is 3.95. The minimum absolute atomic E-state index is 0.442. The summed E-state index contributed by atoms with van der Waals surface area (Å²) in [6, 6.07) is 32.6. The van der Waals surface area contributed by atoms with Gasteiger partial charge < -0.3 is 19.5 Å². The molecule has 5 rings (SSSR count). The Kier molecular flexibility index (Phi) is 9.49. The Bertz CT molecular complexity index is 1320. The van der Waals surface area contributed by atoms with Crippen molar-refractivity contribution in [2.24, 2.45) is 0 Å². The Morgan fingerprint density at radius 3 is 2.51 bits per heavy atom. The largest absolute Gasteiger partial charge is 0.496 e. The highest BCUT2D eigenvalue weighted by atomic mass is 16.5. The topological polar surface area (TPSA) is 43.0 Å². The molecule has 4 aromatic carbocycles. The summed E-state index contributed by atoms with van der Waals surface area (Å²) in [5, 5.41) is 6.22. The average Bonchev–Trinajstić information content (AvgIpc) is 2.99. The average molecular weight is 525 g/mol. The third-order valence-corrected chi connectivity index (χ3v) is 7.72. The van der Waals surface area contributed by atoms with Gasteiger partial charge in [0, 0.05) is 37.0 Å². The molecule has 0 spiro atoms. The van der Waals surface area contributed by atoms with Crippen LogP contribution in [-0.4, -0.2) is 51.4 Å². The van der Waals surface area contributed by atoms with Crippen LogP contribution in [0, 0.1) is 0 Å². The minimum atomic E-state index is 0.442. The molecule has 0 aliphatic carbocycles. The van der Waals surface area contributed by atoms with Gasteiger partial charge in [-0.1, -0.05) is 66.7 Å². The SMILES string of the molecule is COc1ccccc1COCCCOc1ccc([C@H]2CCNC[C@H]2N(C)Cc2ccc3ccccc3c2)cc1. The lowest BCUT2D eigenvalue weighted by molar-refractivity contribution is 0.105. The van der Waals surface area contributed by atoms with E-state index in [2.05, 4.69) is 84.0 Å². The molecule has 0 radical (unpaired) electrons. The van der Waals surface area contributed by atoms with Crippen molar-refractivity contribution in [1.82, 2.24) is 10.2 Å². The van der Waals surface area contributed by atoms with Crippen LogP contribution in [0.3, 0.4) is 0 Å². The maximum atomic E-state index is 6.01. The molecule has 5 nitrogen and oxygen atoms in total. The molecule has 204 valence electrons. The number of methoxy groups -OCH3 is 1. The Morgan fingerprint density at radius 1 is 0.872 bits per heavy atom. The van der Waals surface area contributed by atoms with E-state index in [0.29, 0.717) is 31.8 Å².